The van der Waals surface area contributed by atoms with Crippen molar-refractivity contribution >= 4 is 12.1 Å². The predicted molar refractivity (Wildman–Crippen MR) is 213 cm³/mol. The van der Waals surface area contributed by atoms with E-state index in [1.54, 1.807) is 0 Å². The third-order valence-corrected chi connectivity index (χ3v) is 8.55. The first-order valence-electron chi connectivity index (χ1n) is 21.0. The van der Waals surface area contributed by atoms with Crippen molar-refractivity contribution in [2.24, 2.45) is 0 Å². The lowest BCUT2D eigenvalue weighted by atomic mass is 10.2. The molecule has 0 aliphatic carbocycles. The van der Waals surface area contributed by atoms with Crippen molar-refractivity contribution < 1.29 is 38.4 Å². The van der Waals surface area contributed by atoms with E-state index in [9.17, 15) is 14.7 Å². The second-order valence-corrected chi connectivity index (χ2v) is 13.4. The van der Waals surface area contributed by atoms with Crippen molar-refractivity contribution in [1.82, 2.24) is 4.90 Å². The van der Waals surface area contributed by atoms with E-state index in [-0.39, 0.29) is 18.9 Å². The lowest BCUT2D eigenvalue weighted by Gasteiger charge is -2.21. The van der Waals surface area contributed by atoms with Crippen molar-refractivity contribution in [2.45, 2.75) is 168 Å². The van der Waals surface area contributed by atoms with Crippen LogP contribution in [0, 0.1) is 0 Å². The summed E-state index contributed by atoms with van der Waals surface area (Å²) in [6.07, 6.45) is 33.4. The van der Waals surface area contributed by atoms with Gasteiger partial charge in [0.1, 0.15) is 0 Å². The average molecular weight is 738 g/mol. The highest BCUT2D eigenvalue weighted by molar-refractivity contribution is 5.69. The molecular weight excluding hydrogens is 658 g/mol. The van der Waals surface area contributed by atoms with Gasteiger partial charge in [-0.05, 0) is 129 Å². The number of carbonyl (C=O) groups is 2. The fraction of sp³-hybridized carbons (Fsp3) is 0.814. The summed E-state index contributed by atoms with van der Waals surface area (Å²) in [5.74, 6) is -0.190. The van der Waals surface area contributed by atoms with Crippen molar-refractivity contribution in [1.29, 1.82) is 0 Å². The van der Waals surface area contributed by atoms with E-state index in [1.165, 1.54) is 0 Å². The molecule has 0 rings (SSSR count). The molecular formula is C43H79NO8. The van der Waals surface area contributed by atoms with Gasteiger partial charge in [0.25, 0.3) is 0 Å². The molecule has 0 aromatic carbocycles. The van der Waals surface area contributed by atoms with E-state index in [1.807, 2.05) is 0 Å². The topological polar surface area (TPSA) is 104 Å². The zero-order valence-corrected chi connectivity index (χ0v) is 33.7. The molecule has 0 radical (unpaired) electrons. The minimum atomic E-state index is -0.569. The Morgan fingerprint density at radius 3 is 1.44 bits per heavy atom. The molecule has 0 amide bonds. The largest absolute Gasteiger partial charge is 0.508 e. The van der Waals surface area contributed by atoms with Gasteiger partial charge in [-0.2, -0.15) is 0 Å². The number of aliphatic hydroxyl groups excluding tert-OH is 1. The van der Waals surface area contributed by atoms with Gasteiger partial charge >= 0.3 is 12.1 Å². The summed E-state index contributed by atoms with van der Waals surface area (Å²) >= 11 is 0. The van der Waals surface area contributed by atoms with Gasteiger partial charge < -0.3 is 33.7 Å². The Hall–Kier alpha value is -2.20. The molecule has 0 aliphatic heterocycles. The average Bonchev–Trinajstić information content (AvgIpc) is 3.14. The summed E-state index contributed by atoms with van der Waals surface area (Å²) in [7, 11) is 0. The van der Waals surface area contributed by atoms with Crippen molar-refractivity contribution in [2.75, 3.05) is 59.3 Å². The van der Waals surface area contributed by atoms with Gasteiger partial charge in [-0.3, -0.25) is 4.79 Å². The molecule has 0 aliphatic rings. The molecule has 9 nitrogen and oxygen atoms in total. The number of unbranched alkanes of at least 4 members (excludes halogenated alkanes) is 12. The standard InChI is InChI=1S/C43H79NO8/c1-4-7-10-13-16-20-28-39-51-43(47)52-40-29-22-24-33-44(34-35-45)32-23-17-21-25-36-48-41(46)30-31-42(49-37-26-18-14-11-8-5-2)50-38-27-19-15-12-9-6-3/h7-12,42,45H,4-6,13-40H2,1-3H3/b10-7-,11-8-,12-9-. The molecule has 1 N–H and O–H groups in total. The fourth-order valence-corrected chi connectivity index (χ4v) is 5.50. The molecule has 9 heteroatoms. The SMILES string of the molecule is CC/C=C\CCCCCOC(=O)OCCCCCN(CCO)CCCCCCOC(=O)CCC(OCCCC/C=C\CC)OCCCC/C=C\CC. The van der Waals surface area contributed by atoms with Crippen molar-refractivity contribution in [3.63, 3.8) is 0 Å². The van der Waals surface area contributed by atoms with Crippen LogP contribution in [0.4, 0.5) is 4.79 Å². The number of hydrogen-bond donors (Lipinski definition) is 1. The van der Waals surface area contributed by atoms with E-state index in [0.717, 1.165) is 142 Å². The Kier molecular flexibility index (Phi) is 39.8. The number of hydrogen-bond acceptors (Lipinski definition) is 9. The smallest absolute Gasteiger partial charge is 0.466 e. The van der Waals surface area contributed by atoms with Gasteiger partial charge in [-0.25, -0.2) is 4.79 Å². The Bertz CT molecular complexity index is 838. The number of carbonyl (C=O) groups excluding carboxylic acids is 2. The van der Waals surface area contributed by atoms with Gasteiger partial charge in [0.2, 0.25) is 0 Å². The molecule has 0 unspecified atom stereocenters. The number of ether oxygens (including phenoxy) is 5. The van der Waals surface area contributed by atoms with E-state index in [2.05, 4.69) is 62.1 Å². The fourth-order valence-electron chi connectivity index (χ4n) is 5.50. The number of esters is 1. The first-order valence-corrected chi connectivity index (χ1v) is 21.0. The highest BCUT2D eigenvalue weighted by Gasteiger charge is 2.13. The quantitative estimate of drug-likeness (QED) is 0.0286. The van der Waals surface area contributed by atoms with Crippen molar-refractivity contribution in [3.8, 4) is 0 Å². The first-order chi connectivity index (χ1) is 25.6. The second-order valence-electron chi connectivity index (χ2n) is 13.4. The zero-order valence-electron chi connectivity index (χ0n) is 33.7. The monoisotopic (exact) mass is 738 g/mol. The van der Waals surface area contributed by atoms with Crippen LogP contribution in [0.25, 0.3) is 0 Å². The maximum absolute atomic E-state index is 12.4. The molecule has 0 saturated carbocycles. The van der Waals surface area contributed by atoms with Crippen LogP contribution in [0.5, 0.6) is 0 Å². The molecule has 0 aromatic rings. The minimum Gasteiger partial charge on any atom is -0.466 e. The third kappa shape index (κ3) is 37.6. The van der Waals surface area contributed by atoms with Gasteiger partial charge in [0.15, 0.2) is 6.29 Å². The van der Waals surface area contributed by atoms with Gasteiger partial charge in [-0.1, -0.05) is 70.1 Å². The molecule has 0 heterocycles. The second kappa shape index (κ2) is 41.6. The van der Waals surface area contributed by atoms with Crippen LogP contribution >= 0.6 is 0 Å². The number of allylic oxidation sites excluding steroid dienone is 6. The van der Waals surface area contributed by atoms with E-state index in [4.69, 9.17) is 23.7 Å². The van der Waals surface area contributed by atoms with Crippen molar-refractivity contribution in [3.05, 3.63) is 36.5 Å². The Morgan fingerprint density at radius 2 is 0.942 bits per heavy atom. The lowest BCUT2D eigenvalue weighted by Crippen LogP contribution is -2.29. The molecule has 0 aromatic heterocycles. The summed E-state index contributed by atoms with van der Waals surface area (Å²) in [5.41, 5.74) is 0. The summed E-state index contributed by atoms with van der Waals surface area (Å²) < 4.78 is 27.9. The predicted octanol–water partition coefficient (Wildman–Crippen LogP) is 10.6. The van der Waals surface area contributed by atoms with Crippen LogP contribution in [-0.2, 0) is 28.5 Å². The highest BCUT2D eigenvalue weighted by atomic mass is 16.7. The normalized spacial score (nSPS) is 12.0. The molecule has 0 saturated heterocycles. The van der Waals surface area contributed by atoms with Crippen LogP contribution in [0.3, 0.4) is 0 Å². The Balaban J connectivity index is 4.02. The summed E-state index contributed by atoms with van der Waals surface area (Å²) in [5, 5.41) is 9.49. The third-order valence-electron chi connectivity index (χ3n) is 8.55. The molecule has 0 bridgehead atoms. The van der Waals surface area contributed by atoms with Crippen LogP contribution in [0.1, 0.15) is 162 Å². The van der Waals surface area contributed by atoms with Crippen LogP contribution in [0.2, 0.25) is 0 Å². The zero-order chi connectivity index (χ0) is 38.0. The van der Waals surface area contributed by atoms with Crippen LogP contribution in [-0.4, -0.2) is 87.7 Å². The molecule has 0 atom stereocenters. The maximum atomic E-state index is 12.4. The van der Waals surface area contributed by atoms with E-state index < -0.39 is 6.16 Å². The van der Waals surface area contributed by atoms with Gasteiger partial charge in [0, 0.05) is 26.2 Å². The number of rotatable bonds is 39. The Morgan fingerprint density at radius 1 is 0.519 bits per heavy atom. The Labute approximate surface area is 318 Å². The summed E-state index contributed by atoms with van der Waals surface area (Å²) in [4.78, 5) is 26.5. The van der Waals surface area contributed by atoms with Gasteiger partial charge in [0.05, 0.1) is 32.8 Å². The van der Waals surface area contributed by atoms with Crippen LogP contribution in [0.15, 0.2) is 36.5 Å². The summed E-state index contributed by atoms with van der Waals surface area (Å²) in [6.45, 7) is 11.6. The minimum absolute atomic E-state index is 0.143. The van der Waals surface area contributed by atoms with E-state index >= 15 is 0 Å². The van der Waals surface area contributed by atoms with Crippen LogP contribution < -0.4 is 0 Å². The number of nitrogens with zero attached hydrogens (tertiary/aromatic N) is 1. The molecule has 52 heavy (non-hydrogen) atoms. The molecule has 304 valence electrons. The maximum Gasteiger partial charge on any atom is 0.508 e. The lowest BCUT2D eigenvalue weighted by molar-refractivity contribution is -0.159. The van der Waals surface area contributed by atoms with Gasteiger partial charge in [-0.15, -0.1) is 0 Å². The molecule has 0 spiro atoms. The first kappa shape index (κ1) is 49.8. The summed E-state index contributed by atoms with van der Waals surface area (Å²) in [6, 6.07) is 0. The number of aliphatic hydroxyl groups is 1. The highest BCUT2D eigenvalue weighted by Crippen LogP contribution is 2.11. The molecule has 0 fully saturated rings. The van der Waals surface area contributed by atoms with E-state index in [0.29, 0.717) is 52.4 Å².